The number of nitrogens with zero attached hydrogens (tertiary/aromatic N) is 1. The molecule has 2 aromatic rings. The number of benzene rings is 2. The van der Waals surface area contributed by atoms with Crippen LogP contribution in [-0.4, -0.2) is 92.8 Å². The molecule has 2 bridgehead atoms. The predicted octanol–water partition coefficient (Wildman–Crippen LogP) is 1.62. The highest BCUT2D eigenvalue weighted by Crippen LogP contribution is 2.54. The first-order valence-corrected chi connectivity index (χ1v) is 14.4. The van der Waals surface area contributed by atoms with Crippen molar-refractivity contribution in [2.24, 2.45) is 0 Å². The van der Waals surface area contributed by atoms with Gasteiger partial charge in [-0.15, -0.1) is 0 Å². The molecule has 2 aromatic carbocycles. The zero-order chi connectivity index (χ0) is 30.5. The van der Waals surface area contributed by atoms with E-state index in [1.165, 1.54) is 6.07 Å². The Kier molecular flexibility index (Phi) is 6.73. The topological polar surface area (TPSA) is 169 Å². The summed E-state index contributed by atoms with van der Waals surface area (Å²) >= 11 is 0. The van der Waals surface area contributed by atoms with E-state index in [9.17, 15) is 35.1 Å². The Hall–Kier alpha value is -3.06. The Balaban J connectivity index is 1.53. The van der Waals surface area contributed by atoms with Crippen LogP contribution in [0.25, 0.3) is 0 Å². The summed E-state index contributed by atoms with van der Waals surface area (Å²) in [4.78, 5) is 29.9. The van der Waals surface area contributed by atoms with Crippen molar-refractivity contribution in [2.75, 3.05) is 20.6 Å². The van der Waals surface area contributed by atoms with E-state index in [4.69, 9.17) is 9.47 Å². The van der Waals surface area contributed by atoms with Gasteiger partial charge in [-0.2, -0.15) is 0 Å². The van der Waals surface area contributed by atoms with Gasteiger partial charge in [0.05, 0.1) is 28.3 Å². The fourth-order valence-corrected chi connectivity index (χ4v) is 7.26. The number of aliphatic hydroxyl groups excluding tert-OH is 2. The summed E-state index contributed by atoms with van der Waals surface area (Å²) < 4.78 is 12.0. The number of rotatable bonds is 5. The molecule has 2 heterocycles. The van der Waals surface area contributed by atoms with Crippen LogP contribution in [0.4, 0.5) is 0 Å². The molecule has 0 amide bonds. The second-order valence-electron chi connectivity index (χ2n) is 12.7. The average molecular weight is 583 g/mol. The Bertz CT molecular complexity index is 1500. The maximum Gasteiger partial charge on any atom is 0.228 e. The van der Waals surface area contributed by atoms with Gasteiger partial charge in [-0.1, -0.05) is 13.3 Å². The normalized spacial score (nSPS) is 33.0. The minimum absolute atomic E-state index is 0.0656. The number of ketones is 2. The lowest BCUT2D eigenvalue weighted by molar-refractivity contribution is -0.311. The van der Waals surface area contributed by atoms with Crippen LogP contribution in [0.5, 0.6) is 17.2 Å². The zero-order valence-electron chi connectivity index (χ0n) is 24.4. The van der Waals surface area contributed by atoms with Gasteiger partial charge in [0.15, 0.2) is 5.78 Å². The third-order valence-electron chi connectivity index (χ3n) is 9.34. The SMILES string of the molecule is CCCCNC1CC(C)(O)Cc2cc3c(c(O)c21)C(=O)c1c(O)cc2c(c1C3=O)OC1OC2(C)C(O)C(N(C)C)C1O. The van der Waals surface area contributed by atoms with E-state index in [0.717, 1.165) is 12.8 Å². The number of phenols is 2. The molecule has 42 heavy (non-hydrogen) atoms. The third kappa shape index (κ3) is 4.02. The van der Waals surface area contributed by atoms with E-state index < -0.39 is 59.1 Å². The number of likely N-dealkylation sites (N-methyl/N-ethyl adjacent to an activating group) is 1. The van der Waals surface area contributed by atoms with Gasteiger partial charge in [-0.05, 0) is 65.0 Å². The van der Waals surface area contributed by atoms with E-state index in [1.807, 2.05) is 0 Å². The molecule has 2 aliphatic heterocycles. The lowest BCUT2D eigenvalue weighted by atomic mass is 9.72. The third-order valence-corrected chi connectivity index (χ3v) is 9.34. The largest absolute Gasteiger partial charge is 0.507 e. The van der Waals surface area contributed by atoms with Gasteiger partial charge < -0.3 is 45.2 Å². The van der Waals surface area contributed by atoms with Crippen LogP contribution >= 0.6 is 0 Å². The van der Waals surface area contributed by atoms with Gasteiger partial charge >= 0.3 is 0 Å². The van der Waals surface area contributed by atoms with Crippen molar-refractivity contribution in [3.63, 3.8) is 0 Å². The lowest BCUT2D eigenvalue weighted by Gasteiger charge is -2.53. The van der Waals surface area contributed by atoms with E-state index in [2.05, 4.69) is 12.2 Å². The highest BCUT2D eigenvalue weighted by atomic mass is 16.7. The smallest absolute Gasteiger partial charge is 0.228 e. The fraction of sp³-hybridized carbons (Fsp3) is 0.548. The molecule has 4 aliphatic rings. The summed E-state index contributed by atoms with van der Waals surface area (Å²) in [5.41, 5.74) is -2.26. The van der Waals surface area contributed by atoms with Crippen molar-refractivity contribution in [1.29, 1.82) is 0 Å². The molecule has 6 rings (SSSR count). The number of fused-ring (bicyclic) bond motifs is 8. The molecular weight excluding hydrogens is 544 g/mol. The molecule has 0 saturated carbocycles. The Labute approximate surface area is 243 Å². The quantitative estimate of drug-likeness (QED) is 0.242. The molecule has 11 nitrogen and oxygen atoms in total. The van der Waals surface area contributed by atoms with Crippen molar-refractivity contribution in [3.05, 3.63) is 51.1 Å². The second kappa shape index (κ2) is 9.73. The number of aromatic hydroxyl groups is 2. The van der Waals surface area contributed by atoms with Crippen molar-refractivity contribution in [2.45, 2.75) is 88.2 Å². The minimum atomic E-state index is -1.49. The highest BCUT2D eigenvalue weighted by Gasteiger charge is 2.59. The molecule has 0 spiro atoms. The van der Waals surface area contributed by atoms with Crippen molar-refractivity contribution < 1.29 is 44.6 Å². The summed E-state index contributed by atoms with van der Waals surface area (Å²) in [5.74, 6) is -2.34. The number of aliphatic hydroxyl groups is 3. The summed E-state index contributed by atoms with van der Waals surface area (Å²) in [7, 11) is 3.39. The molecular formula is C31H38N2O9. The van der Waals surface area contributed by atoms with Crippen LogP contribution in [0.3, 0.4) is 0 Å². The first-order chi connectivity index (χ1) is 19.7. The van der Waals surface area contributed by atoms with Crippen LogP contribution in [0.1, 0.15) is 94.6 Å². The van der Waals surface area contributed by atoms with Crippen molar-refractivity contribution in [3.8, 4) is 17.2 Å². The maximum absolute atomic E-state index is 14.2. The molecule has 226 valence electrons. The monoisotopic (exact) mass is 582 g/mol. The number of unbranched alkanes of at least 4 members (excludes halogenated alkanes) is 1. The molecule has 11 heteroatoms. The van der Waals surface area contributed by atoms with Gasteiger partial charge in [0.25, 0.3) is 0 Å². The van der Waals surface area contributed by atoms with Gasteiger partial charge in [0.1, 0.15) is 35.1 Å². The number of hydrogen-bond donors (Lipinski definition) is 6. The molecule has 7 atom stereocenters. The highest BCUT2D eigenvalue weighted by molar-refractivity contribution is 6.31. The number of hydrogen-bond acceptors (Lipinski definition) is 11. The first kappa shape index (κ1) is 29.0. The van der Waals surface area contributed by atoms with Crippen LogP contribution in [0, 0.1) is 0 Å². The lowest BCUT2D eigenvalue weighted by Crippen LogP contribution is -2.68. The standard InChI is InChI=1S/C31H38N2O9/c1-6-7-8-32-16-12-30(2,40)11-13-9-14-19(24(36)18(13)16)25(37)20-17(34)10-15-27(21(20)23(14)35)41-29-26(38)22(33(4)5)28(39)31(15,3)42-29/h9-10,16,22,26,28-29,32,34,36,38-40H,6-8,11-12H2,1-5H3. The number of nitrogens with one attached hydrogen (secondary N) is 1. The molecule has 2 aliphatic carbocycles. The molecule has 0 radical (unpaired) electrons. The summed E-state index contributed by atoms with van der Waals surface area (Å²) in [5, 5.41) is 59.5. The minimum Gasteiger partial charge on any atom is -0.507 e. The molecule has 6 N–H and O–H groups in total. The van der Waals surface area contributed by atoms with Crippen LogP contribution in [0.15, 0.2) is 12.1 Å². The zero-order valence-corrected chi connectivity index (χ0v) is 24.4. The first-order valence-electron chi connectivity index (χ1n) is 14.4. The van der Waals surface area contributed by atoms with Gasteiger partial charge in [0, 0.05) is 29.2 Å². The average Bonchev–Trinajstić information content (AvgIpc) is 2.89. The maximum atomic E-state index is 14.2. The molecule has 7 unspecified atom stereocenters. The number of carbonyl (C=O) groups excluding carboxylic acids is 2. The van der Waals surface area contributed by atoms with E-state index in [1.54, 1.807) is 38.9 Å². The molecule has 1 fully saturated rings. The van der Waals surface area contributed by atoms with Gasteiger partial charge in [0.2, 0.25) is 12.1 Å². The van der Waals surface area contributed by atoms with Crippen LogP contribution in [0.2, 0.25) is 0 Å². The Morgan fingerprint density at radius 2 is 1.79 bits per heavy atom. The number of ether oxygens (including phenoxy) is 2. The van der Waals surface area contributed by atoms with E-state index >= 15 is 0 Å². The fourth-order valence-electron chi connectivity index (χ4n) is 7.26. The second-order valence-corrected chi connectivity index (χ2v) is 12.7. The number of phenolic OH excluding ortho intramolecular Hbond substituents is 2. The summed E-state index contributed by atoms with van der Waals surface area (Å²) in [6.45, 7) is 5.97. The van der Waals surface area contributed by atoms with Crippen molar-refractivity contribution in [1.82, 2.24) is 10.2 Å². The summed E-state index contributed by atoms with van der Waals surface area (Å²) in [6.07, 6.45) is -1.54. The van der Waals surface area contributed by atoms with Crippen LogP contribution in [-0.2, 0) is 16.8 Å². The van der Waals surface area contributed by atoms with Gasteiger partial charge in [-0.25, -0.2) is 0 Å². The molecule has 0 aromatic heterocycles. The Morgan fingerprint density at radius 1 is 1.07 bits per heavy atom. The predicted molar refractivity (Wildman–Crippen MR) is 150 cm³/mol. The number of carbonyl (C=O) groups is 2. The van der Waals surface area contributed by atoms with Crippen molar-refractivity contribution >= 4 is 11.6 Å². The summed E-state index contributed by atoms with van der Waals surface area (Å²) in [6, 6.07) is 1.55. The van der Waals surface area contributed by atoms with Gasteiger partial charge in [-0.3, -0.25) is 9.59 Å². The van der Waals surface area contributed by atoms with E-state index in [0.29, 0.717) is 24.1 Å². The van der Waals surface area contributed by atoms with E-state index in [-0.39, 0.29) is 45.7 Å². The Morgan fingerprint density at radius 3 is 2.45 bits per heavy atom. The van der Waals surface area contributed by atoms with Crippen LogP contribution < -0.4 is 10.1 Å². The molecule has 1 saturated heterocycles.